The highest BCUT2D eigenvalue weighted by Crippen LogP contribution is 2.12. The fourth-order valence-corrected chi connectivity index (χ4v) is 1.32. The van der Waals surface area contributed by atoms with E-state index in [0.29, 0.717) is 36.9 Å². The molecular formula is C12H16O4S. The Kier molecular flexibility index (Phi) is 6.50. The maximum atomic E-state index is 11.2. The number of benzene rings is 1. The highest BCUT2D eigenvalue weighted by Gasteiger charge is 2.04. The minimum absolute atomic E-state index is 0.353. The number of thiol groups is 1. The summed E-state index contributed by atoms with van der Waals surface area (Å²) in [5, 5.41) is 0. The molecular weight excluding hydrogens is 240 g/mol. The van der Waals surface area contributed by atoms with Crippen LogP contribution in [-0.4, -0.2) is 38.7 Å². The van der Waals surface area contributed by atoms with Crippen molar-refractivity contribution in [2.75, 3.05) is 32.7 Å². The highest BCUT2D eigenvalue weighted by molar-refractivity contribution is 7.80. The Labute approximate surface area is 106 Å². The smallest absolute Gasteiger partial charge is 0.337 e. The molecule has 17 heavy (non-hydrogen) atoms. The molecule has 0 spiro atoms. The Morgan fingerprint density at radius 2 is 1.88 bits per heavy atom. The van der Waals surface area contributed by atoms with Crippen molar-refractivity contribution in [3.05, 3.63) is 29.8 Å². The van der Waals surface area contributed by atoms with E-state index in [4.69, 9.17) is 9.47 Å². The number of hydrogen-bond acceptors (Lipinski definition) is 5. The summed E-state index contributed by atoms with van der Waals surface area (Å²) < 4.78 is 15.2. The number of ether oxygens (including phenoxy) is 3. The van der Waals surface area contributed by atoms with Crippen molar-refractivity contribution in [2.24, 2.45) is 0 Å². The molecule has 0 fully saturated rings. The van der Waals surface area contributed by atoms with E-state index >= 15 is 0 Å². The molecule has 1 rings (SSSR count). The van der Waals surface area contributed by atoms with Gasteiger partial charge in [0.05, 0.1) is 25.9 Å². The van der Waals surface area contributed by atoms with Gasteiger partial charge in [-0.2, -0.15) is 12.6 Å². The molecule has 0 atom stereocenters. The molecule has 0 radical (unpaired) electrons. The Hall–Kier alpha value is -1.20. The SMILES string of the molecule is COC(=O)c1ccc(OCCOCCS)cc1. The molecule has 0 aromatic heterocycles. The van der Waals surface area contributed by atoms with Crippen LogP contribution in [0, 0.1) is 0 Å². The van der Waals surface area contributed by atoms with Crippen molar-refractivity contribution in [3.63, 3.8) is 0 Å². The van der Waals surface area contributed by atoms with Gasteiger partial charge < -0.3 is 14.2 Å². The predicted molar refractivity (Wildman–Crippen MR) is 67.9 cm³/mol. The van der Waals surface area contributed by atoms with Gasteiger partial charge in [-0.1, -0.05) is 0 Å². The van der Waals surface area contributed by atoms with Crippen LogP contribution in [0.4, 0.5) is 0 Å². The summed E-state index contributed by atoms with van der Waals surface area (Å²) in [7, 11) is 1.35. The van der Waals surface area contributed by atoms with Crippen LogP contribution in [0.3, 0.4) is 0 Å². The molecule has 0 N–H and O–H groups in total. The average Bonchev–Trinajstić information content (AvgIpc) is 2.38. The number of esters is 1. The number of methoxy groups -OCH3 is 1. The van der Waals surface area contributed by atoms with Crippen molar-refractivity contribution in [3.8, 4) is 5.75 Å². The topological polar surface area (TPSA) is 44.8 Å². The lowest BCUT2D eigenvalue weighted by atomic mass is 10.2. The normalized spacial score (nSPS) is 10.0. The second kappa shape index (κ2) is 7.97. The van der Waals surface area contributed by atoms with Crippen LogP contribution < -0.4 is 4.74 Å². The van der Waals surface area contributed by atoms with Gasteiger partial charge in [-0.3, -0.25) is 0 Å². The Morgan fingerprint density at radius 3 is 2.47 bits per heavy atom. The van der Waals surface area contributed by atoms with Gasteiger partial charge in [0.1, 0.15) is 12.4 Å². The molecule has 0 unspecified atom stereocenters. The zero-order valence-corrected chi connectivity index (χ0v) is 10.6. The van der Waals surface area contributed by atoms with Gasteiger partial charge in [0.25, 0.3) is 0 Å². The minimum Gasteiger partial charge on any atom is -0.491 e. The lowest BCUT2D eigenvalue weighted by Gasteiger charge is -2.07. The van der Waals surface area contributed by atoms with Gasteiger partial charge in [-0.15, -0.1) is 0 Å². The molecule has 0 bridgehead atoms. The molecule has 5 heteroatoms. The van der Waals surface area contributed by atoms with Crippen molar-refractivity contribution < 1.29 is 19.0 Å². The van der Waals surface area contributed by atoms with Crippen LogP contribution in [0.1, 0.15) is 10.4 Å². The van der Waals surface area contributed by atoms with Crippen LogP contribution in [0.2, 0.25) is 0 Å². The summed E-state index contributed by atoms with van der Waals surface area (Å²) in [6.07, 6.45) is 0. The monoisotopic (exact) mass is 256 g/mol. The lowest BCUT2D eigenvalue weighted by Crippen LogP contribution is -2.08. The first-order valence-corrected chi connectivity index (χ1v) is 5.91. The predicted octanol–water partition coefficient (Wildman–Crippen LogP) is 1.80. The number of rotatable bonds is 7. The standard InChI is InChI=1S/C12H16O4S/c1-14-12(13)10-2-4-11(5-3-10)16-7-6-15-8-9-17/h2-5,17H,6-9H2,1H3. The minimum atomic E-state index is -0.353. The molecule has 1 aromatic rings. The van der Waals surface area contributed by atoms with Gasteiger partial charge >= 0.3 is 5.97 Å². The van der Waals surface area contributed by atoms with Crippen LogP contribution in [0.5, 0.6) is 5.75 Å². The molecule has 0 saturated carbocycles. The van der Waals surface area contributed by atoms with E-state index in [9.17, 15) is 4.79 Å². The van der Waals surface area contributed by atoms with E-state index < -0.39 is 0 Å². The van der Waals surface area contributed by atoms with Crippen molar-refractivity contribution in [2.45, 2.75) is 0 Å². The van der Waals surface area contributed by atoms with Gasteiger partial charge in [0.2, 0.25) is 0 Å². The maximum absolute atomic E-state index is 11.2. The lowest BCUT2D eigenvalue weighted by molar-refractivity contribution is 0.0600. The largest absolute Gasteiger partial charge is 0.491 e. The van der Waals surface area contributed by atoms with Crippen LogP contribution in [-0.2, 0) is 9.47 Å². The molecule has 0 aliphatic carbocycles. The number of carbonyl (C=O) groups is 1. The van der Waals surface area contributed by atoms with Gasteiger partial charge in [0, 0.05) is 5.75 Å². The van der Waals surface area contributed by atoms with Crippen molar-refractivity contribution in [1.82, 2.24) is 0 Å². The number of carbonyl (C=O) groups excluding carboxylic acids is 1. The first kappa shape index (κ1) is 13.9. The Bertz CT molecular complexity index is 337. The Morgan fingerprint density at radius 1 is 1.18 bits per heavy atom. The van der Waals surface area contributed by atoms with E-state index in [2.05, 4.69) is 17.4 Å². The van der Waals surface area contributed by atoms with E-state index in [1.54, 1.807) is 24.3 Å². The van der Waals surface area contributed by atoms with E-state index in [1.165, 1.54) is 7.11 Å². The third-order valence-corrected chi connectivity index (χ3v) is 2.19. The van der Waals surface area contributed by atoms with Crippen molar-refractivity contribution in [1.29, 1.82) is 0 Å². The zero-order chi connectivity index (χ0) is 12.5. The first-order valence-electron chi connectivity index (χ1n) is 5.27. The molecule has 0 aliphatic heterocycles. The molecule has 94 valence electrons. The molecule has 0 amide bonds. The molecule has 0 heterocycles. The van der Waals surface area contributed by atoms with Gasteiger partial charge in [-0.05, 0) is 24.3 Å². The summed E-state index contributed by atoms with van der Waals surface area (Å²) in [6, 6.07) is 6.78. The van der Waals surface area contributed by atoms with Crippen LogP contribution >= 0.6 is 12.6 Å². The van der Waals surface area contributed by atoms with Crippen molar-refractivity contribution >= 4 is 18.6 Å². The van der Waals surface area contributed by atoms with E-state index in [0.717, 1.165) is 0 Å². The quantitative estimate of drug-likeness (QED) is 0.459. The van der Waals surface area contributed by atoms with Gasteiger partial charge in [-0.25, -0.2) is 4.79 Å². The summed E-state index contributed by atoms with van der Waals surface area (Å²) in [5.74, 6) is 1.05. The summed E-state index contributed by atoms with van der Waals surface area (Å²) >= 11 is 4.02. The fourth-order valence-electron chi connectivity index (χ4n) is 1.19. The average molecular weight is 256 g/mol. The summed E-state index contributed by atoms with van der Waals surface area (Å²) in [5.41, 5.74) is 0.506. The maximum Gasteiger partial charge on any atom is 0.337 e. The Balaban J connectivity index is 2.33. The second-order valence-electron chi connectivity index (χ2n) is 3.20. The highest BCUT2D eigenvalue weighted by atomic mass is 32.1. The van der Waals surface area contributed by atoms with Crippen LogP contribution in [0.25, 0.3) is 0 Å². The van der Waals surface area contributed by atoms with E-state index in [1.807, 2.05) is 0 Å². The molecule has 0 saturated heterocycles. The summed E-state index contributed by atoms with van der Waals surface area (Å²) in [6.45, 7) is 1.62. The van der Waals surface area contributed by atoms with Gasteiger partial charge in [0.15, 0.2) is 0 Å². The molecule has 4 nitrogen and oxygen atoms in total. The number of hydrogen-bond donors (Lipinski definition) is 1. The zero-order valence-electron chi connectivity index (χ0n) is 9.72. The summed E-state index contributed by atoms with van der Waals surface area (Å²) in [4.78, 5) is 11.2. The first-order chi connectivity index (χ1) is 8.27. The van der Waals surface area contributed by atoms with Crippen LogP contribution in [0.15, 0.2) is 24.3 Å². The molecule has 0 aliphatic rings. The fraction of sp³-hybridized carbons (Fsp3) is 0.417. The molecule has 1 aromatic carbocycles. The third-order valence-electron chi connectivity index (χ3n) is 2.01. The second-order valence-corrected chi connectivity index (χ2v) is 3.65. The van der Waals surface area contributed by atoms with E-state index in [-0.39, 0.29) is 5.97 Å². The third kappa shape index (κ3) is 5.10.